The fourth-order valence-corrected chi connectivity index (χ4v) is 3.59. The smallest absolute Gasteiger partial charge is 0.251 e. The van der Waals surface area contributed by atoms with Gasteiger partial charge in [0.15, 0.2) is 17.3 Å². The Balaban J connectivity index is 1.62. The number of benzene rings is 1. The van der Waals surface area contributed by atoms with Crippen molar-refractivity contribution in [2.45, 2.75) is 44.0 Å². The van der Waals surface area contributed by atoms with Crippen LogP contribution in [0.2, 0.25) is 0 Å². The van der Waals surface area contributed by atoms with Gasteiger partial charge in [0.1, 0.15) is 6.10 Å². The SMILES string of the molecule is COc1cc(C(=O)NCC2COC3(CCCCC3)O2)cc(OC)c1OC. The van der Waals surface area contributed by atoms with Crippen LogP contribution in [0.15, 0.2) is 12.1 Å². The van der Waals surface area contributed by atoms with Gasteiger partial charge in [-0.05, 0) is 25.0 Å². The van der Waals surface area contributed by atoms with Crippen molar-refractivity contribution in [2.75, 3.05) is 34.5 Å². The molecule has 1 atom stereocenters. The zero-order chi connectivity index (χ0) is 18.6. The Morgan fingerprint density at radius 1 is 1.12 bits per heavy atom. The van der Waals surface area contributed by atoms with Crippen LogP contribution >= 0.6 is 0 Å². The molecule has 1 saturated heterocycles. The highest BCUT2D eigenvalue weighted by Gasteiger charge is 2.42. The molecule has 7 heteroatoms. The molecule has 1 aromatic carbocycles. The van der Waals surface area contributed by atoms with Crippen LogP contribution in [0.5, 0.6) is 17.2 Å². The molecule has 0 aromatic heterocycles. The summed E-state index contributed by atoms with van der Waals surface area (Å²) in [4.78, 5) is 12.5. The van der Waals surface area contributed by atoms with E-state index >= 15 is 0 Å². The van der Waals surface area contributed by atoms with Gasteiger partial charge in [-0.15, -0.1) is 0 Å². The third-order valence-corrected chi connectivity index (χ3v) is 4.95. The average molecular weight is 365 g/mol. The van der Waals surface area contributed by atoms with Crippen LogP contribution in [0.4, 0.5) is 0 Å². The van der Waals surface area contributed by atoms with Gasteiger partial charge in [-0.2, -0.15) is 0 Å². The minimum Gasteiger partial charge on any atom is -0.493 e. The summed E-state index contributed by atoms with van der Waals surface area (Å²) < 4.78 is 27.9. The first kappa shape index (κ1) is 18.8. The molecule has 1 aliphatic carbocycles. The highest BCUT2D eigenvalue weighted by Crippen LogP contribution is 2.39. The molecule has 2 aliphatic rings. The summed E-state index contributed by atoms with van der Waals surface area (Å²) in [6, 6.07) is 3.26. The summed E-state index contributed by atoms with van der Waals surface area (Å²) in [5.41, 5.74) is 0.436. The second kappa shape index (κ2) is 8.14. The van der Waals surface area contributed by atoms with Gasteiger partial charge in [-0.25, -0.2) is 0 Å². The van der Waals surface area contributed by atoms with E-state index < -0.39 is 5.79 Å². The Labute approximate surface area is 153 Å². The fourth-order valence-electron chi connectivity index (χ4n) is 3.59. The van der Waals surface area contributed by atoms with Crippen LogP contribution in [0.25, 0.3) is 0 Å². The minimum atomic E-state index is -0.430. The molecule has 1 N–H and O–H groups in total. The standard InChI is InChI=1S/C19H27NO6/c1-22-15-9-13(10-16(23-2)17(15)24-3)18(21)20-11-14-12-25-19(26-14)7-5-4-6-8-19/h9-10,14H,4-8,11-12H2,1-3H3,(H,20,21). The molecular weight excluding hydrogens is 338 g/mol. The highest BCUT2D eigenvalue weighted by atomic mass is 16.7. The Morgan fingerprint density at radius 3 is 2.35 bits per heavy atom. The van der Waals surface area contributed by atoms with Crippen LogP contribution in [-0.4, -0.2) is 52.3 Å². The number of carbonyl (C=O) groups excluding carboxylic acids is 1. The normalized spacial score (nSPS) is 21.4. The lowest BCUT2D eigenvalue weighted by Crippen LogP contribution is -2.37. The molecule has 26 heavy (non-hydrogen) atoms. The van der Waals surface area contributed by atoms with Gasteiger partial charge in [0.2, 0.25) is 5.75 Å². The molecule has 0 radical (unpaired) electrons. The summed E-state index contributed by atoms with van der Waals surface area (Å²) in [5, 5.41) is 2.91. The Kier molecular flexibility index (Phi) is 5.88. The van der Waals surface area contributed by atoms with E-state index in [0.29, 0.717) is 36.0 Å². The quantitative estimate of drug-likeness (QED) is 0.835. The summed E-state index contributed by atoms with van der Waals surface area (Å²) in [6.07, 6.45) is 5.24. The van der Waals surface area contributed by atoms with E-state index in [-0.39, 0.29) is 12.0 Å². The van der Waals surface area contributed by atoms with E-state index in [4.69, 9.17) is 23.7 Å². The van der Waals surface area contributed by atoms with Crippen molar-refractivity contribution in [1.82, 2.24) is 5.32 Å². The number of hydrogen-bond donors (Lipinski definition) is 1. The number of methoxy groups -OCH3 is 3. The first-order valence-corrected chi connectivity index (χ1v) is 9.01. The van der Waals surface area contributed by atoms with Gasteiger partial charge < -0.3 is 29.0 Å². The molecule has 1 spiro atoms. The predicted octanol–water partition coefficient (Wildman–Crippen LogP) is 2.52. The average Bonchev–Trinajstić information content (AvgIpc) is 3.07. The lowest BCUT2D eigenvalue weighted by atomic mass is 9.94. The Morgan fingerprint density at radius 2 is 1.77 bits per heavy atom. The van der Waals surface area contributed by atoms with Crippen molar-refractivity contribution >= 4 is 5.91 Å². The van der Waals surface area contributed by atoms with E-state index in [0.717, 1.165) is 25.7 Å². The maximum absolute atomic E-state index is 12.5. The lowest BCUT2D eigenvalue weighted by molar-refractivity contribution is -0.186. The molecule has 1 unspecified atom stereocenters. The van der Waals surface area contributed by atoms with Crippen LogP contribution < -0.4 is 19.5 Å². The number of hydrogen-bond acceptors (Lipinski definition) is 6. The van der Waals surface area contributed by atoms with Gasteiger partial charge in [0, 0.05) is 24.9 Å². The molecular formula is C19H27NO6. The number of ether oxygens (including phenoxy) is 5. The zero-order valence-electron chi connectivity index (χ0n) is 15.6. The molecule has 1 aliphatic heterocycles. The van der Waals surface area contributed by atoms with Crippen molar-refractivity contribution < 1.29 is 28.5 Å². The number of amides is 1. The van der Waals surface area contributed by atoms with Crippen LogP contribution in [-0.2, 0) is 9.47 Å². The number of rotatable bonds is 6. The van der Waals surface area contributed by atoms with E-state index in [9.17, 15) is 4.79 Å². The van der Waals surface area contributed by atoms with Crippen LogP contribution in [0, 0.1) is 0 Å². The van der Waals surface area contributed by atoms with Crippen LogP contribution in [0.3, 0.4) is 0 Å². The number of nitrogens with one attached hydrogen (secondary N) is 1. The van der Waals surface area contributed by atoms with Crippen molar-refractivity contribution in [3.63, 3.8) is 0 Å². The van der Waals surface area contributed by atoms with Crippen molar-refractivity contribution in [3.8, 4) is 17.2 Å². The van der Waals surface area contributed by atoms with Gasteiger partial charge in [-0.3, -0.25) is 4.79 Å². The van der Waals surface area contributed by atoms with Gasteiger partial charge in [0.25, 0.3) is 5.91 Å². The van der Waals surface area contributed by atoms with Gasteiger partial charge in [-0.1, -0.05) is 6.42 Å². The number of carbonyl (C=O) groups is 1. The molecule has 0 bridgehead atoms. The van der Waals surface area contributed by atoms with E-state index in [1.807, 2.05) is 0 Å². The highest BCUT2D eigenvalue weighted by molar-refractivity contribution is 5.95. The molecule has 1 heterocycles. The topological polar surface area (TPSA) is 75.3 Å². The maximum atomic E-state index is 12.5. The molecule has 3 rings (SSSR count). The third-order valence-electron chi connectivity index (χ3n) is 4.95. The van der Waals surface area contributed by atoms with Crippen molar-refractivity contribution in [1.29, 1.82) is 0 Å². The van der Waals surface area contributed by atoms with Crippen molar-refractivity contribution in [3.05, 3.63) is 17.7 Å². The molecule has 7 nitrogen and oxygen atoms in total. The van der Waals surface area contributed by atoms with Crippen LogP contribution in [0.1, 0.15) is 42.5 Å². The summed E-state index contributed by atoms with van der Waals surface area (Å²) in [7, 11) is 4.57. The second-order valence-electron chi connectivity index (χ2n) is 6.65. The lowest BCUT2D eigenvalue weighted by Gasteiger charge is -2.31. The molecule has 1 amide bonds. The molecule has 1 saturated carbocycles. The third kappa shape index (κ3) is 3.88. The monoisotopic (exact) mass is 365 g/mol. The van der Waals surface area contributed by atoms with Gasteiger partial charge >= 0.3 is 0 Å². The first-order valence-electron chi connectivity index (χ1n) is 9.01. The Bertz CT molecular complexity index is 616. The minimum absolute atomic E-state index is 0.126. The van der Waals surface area contributed by atoms with E-state index in [2.05, 4.69) is 5.32 Å². The van der Waals surface area contributed by atoms with Gasteiger partial charge in [0.05, 0.1) is 27.9 Å². The maximum Gasteiger partial charge on any atom is 0.251 e. The van der Waals surface area contributed by atoms with E-state index in [1.165, 1.54) is 27.8 Å². The van der Waals surface area contributed by atoms with E-state index in [1.54, 1.807) is 12.1 Å². The summed E-state index contributed by atoms with van der Waals surface area (Å²) in [5.74, 6) is 0.688. The summed E-state index contributed by atoms with van der Waals surface area (Å²) in [6.45, 7) is 0.910. The largest absolute Gasteiger partial charge is 0.493 e. The fraction of sp³-hybridized carbons (Fsp3) is 0.632. The molecule has 1 aromatic rings. The van der Waals surface area contributed by atoms with Crippen molar-refractivity contribution in [2.24, 2.45) is 0 Å². The summed E-state index contributed by atoms with van der Waals surface area (Å²) >= 11 is 0. The molecule has 144 valence electrons. The zero-order valence-corrected chi connectivity index (χ0v) is 15.6. The molecule has 2 fully saturated rings. The Hall–Kier alpha value is -1.99. The first-order chi connectivity index (χ1) is 12.6. The predicted molar refractivity (Wildman–Crippen MR) is 95.1 cm³/mol. The second-order valence-corrected chi connectivity index (χ2v) is 6.65.